The van der Waals surface area contributed by atoms with Crippen molar-refractivity contribution in [3.05, 3.63) is 46.3 Å². The highest BCUT2D eigenvalue weighted by atomic mass is 16.6. The summed E-state index contributed by atoms with van der Waals surface area (Å²) in [6, 6.07) is 8.27. The smallest absolute Gasteiger partial charge is 0.351 e. The zero-order valence-corrected chi connectivity index (χ0v) is 16.5. The Morgan fingerprint density at radius 3 is 2.71 bits per heavy atom. The van der Waals surface area contributed by atoms with Crippen LogP contribution in [0, 0.1) is 17.8 Å². The summed E-state index contributed by atoms with van der Waals surface area (Å²) in [5.41, 5.74) is -0.648. The summed E-state index contributed by atoms with van der Waals surface area (Å²) < 4.78 is 15.7. The standard InChI is InChI=1S/C22H26O6/c1-13(2)16-9-8-14(3)10-19(16)27-20(23)12-26-21(24)17-11-15-6-4-5-7-18(15)28-22(17)25/h4-7,11,13-14,16,19H,8-10,12H2,1-3H3/t14-,16+,19-/m1/s1. The molecule has 1 aliphatic rings. The van der Waals surface area contributed by atoms with Crippen LogP contribution in [-0.4, -0.2) is 24.6 Å². The number of fused-ring (bicyclic) bond motifs is 1. The number of para-hydroxylation sites is 1. The molecule has 0 spiro atoms. The first-order valence-corrected chi connectivity index (χ1v) is 9.74. The first-order valence-electron chi connectivity index (χ1n) is 9.74. The quantitative estimate of drug-likeness (QED) is 0.571. The topological polar surface area (TPSA) is 82.8 Å². The van der Waals surface area contributed by atoms with E-state index in [9.17, 15) is 14.4 Å². The molecule has 1 aromatic carbocycles. The minimum absolute atomic E-state index is 0.166. The van der Waals surface area contributed by atoms with E-state index in [2.05, 4.69) is 20.8 Å². The maximum atomic E-state index is 12.2. The Morgan fingerprint density at radius 1 is 1.21 bits per heavy atom. The fraction of sp³-hybridized carbons (Fsp3) is 0.500. The maximum absolute atomic E-state index is 12.2. The van der Waals surface area contributed by atoms with Crippen LogP contribution >= 0.6 is 0 Å². The highest BCUT2D eigenvalue weighted by Gasteiger charge is 2.33. The molecular weight excluding hydrogens is 360 g/mol. The molecule has 0 aliphatic heterocycles. The van der Waals surface area contributed by atoms with E-state index >= 15 is 0 Å². The van der Waals surface area contributed by atoms with Crippen molar-refractivity contribution in [3.8, 4) is 0 Å². The van der Waals surface area contributed by atoms with Crippen molar-refractivity contribution < 1.29 is 23.5 Å². The molecule has 0 radical (unpaired) electrons. The Labute approximate surface area is 163 Å². The van der Waals surface area contributed by atoms with Crippen molar-refractivity contribution in [2.45, 2.75) is 46.1 Å². The lowest BCUT2D eigenvalue weighted by molar-refractivity contribution is -0.159. The SMILES string of the molecule is CC(C)[C@@H]1CC[C@@H](C)C[C@H]1OC(=O)COC(=O)c1cc2ccccc2oc1=O. The van der Waals surface area contributed by atoms with Gasteiger partial charge in [0, 0.05) is 5.39 Å². The van der Waals surface area contributed by atoms with Crippen LogP contribution in [0.3, 0.4) is 0 Å². The molecule has 0 unspecified atom stereocenters. The monoisotopic (exact) mass is 386 g/mol. The zero-order chi connectivity index (χ0) is 20.3. The number of hydrogen-bond acceptors (Lipinski definition) is 6. The minimum Gasteiger partial charge on any atom is -0.460 e. The molecule has 2 aromatic rings. The largest absolute Gasteiger partial charge is 0.460 e. The second kappa shape index (κ2) is 8.59. The third-order valence-corrected chi connectivity index (χ3v) is 5.43. The van der Waals surface area contributed by atoms with Crippen LogP contribution in [0.15, 0.2) is 39.5 Å². The second-order valence-corrected chi connectivity index (χ2v) is 7.92. The van der Waals surface area contributed by atoms with Gasteiger partial charge in [0.05, 0.1) is 0 Å². The van der Waals surface area contributed by atoms with Crippen LogP contribution in [0.5, 0.6) is 0 Å². The summed E-state index contributed by atoms with van der Waals surface area (Å²) in [6.45, 7) is 5.87. The van der Waals surface area contributed by atoms with E-state index in [1.54, 1.807) is 24.3 Å². The molecule has 1 aromatic heterocycles. The molecule has 0 amide bonds. The van der Waals surface area contributed by atoms with Crippen molar-refractivity contribution in [2.75, 3.05) is 6.61 Å². The lowest BCUT2D eigenvalue weighted by Crippen LogP contribution is -2.37. The molecule has 28 heavy (non-hydrogen) atoms. The Hall–Kier alpha value is -2.63. The second-order valence-electron chi connectivity index (χ2n) is 7.92. The fourth-order valence-corrected chi connectivity index (χ4v) is 3.86. The molecule has 0 saturated heterocycles. The number of carbonyl (C=O) groups excluding carboxylic acids is 2. The van der Waals surface area contributed by atoms with Gasteiger partial charge in [0.25, 0.3) is 0 Å². The number of esters is 2. The van der Waals surface area contributed by atoms with Crippen LogP contribution in [0.25, 0.3) is 11.0 Å². The van der Waals surface area contributed by atoms with E-state index < -0.39 is 24.2 Å². The number of benzene rings is 1. The Bertz CT molecular complexity index is 913. The fourth-order valence-electron chi connectivity index (χ4n) is 3.86. The zero-order valence-electron chi connectivity index (χ0n) is 16.5. The van der Waals surface area contributed by atoms with Gasteiger partial charge in [-0.2, -0.15) is 0 Å². The van der Waals surface area contributed by atoms with Crippen molar-refractivity contribution in [3.63, 3.8) is 0 Å². The number of rotatable bonds is 5. The summed E-state index contributed by atoms with van der Waals surface area (Å²) >= 11 is 0. The van der Waals surface area contributed by atoms with Crippen LogP contribution in [0.4, 0.5) is 0 Å². The maximum Gasteiger partial charge on any atom is 0.351 e. The summed E-state index contributed by atoms with van der Waals surface area (Å²) in [5, 5.41) is 0.604. The van der Waals surface area contributed by atoms with E-state index in [1.807, 2.05) is 0 Å². The molecule has 3 atom stereocenters. The predicted molar refractivity (Wildman–Crippen MR) is 104 cm³/mol. The Morgan fingerprint density at radius 2 is 1.96 bits per heavy atom. The van der Waals surface area contributed by atoms with Gasteiger partial charge in [-0.25, -0.2) is 14.4 Å². The van der Waals surface area contributed by atoms with Crippen molar-refractivity contribution >= 4 is 22.9 Å². The highest BCUT2D eigenvalue weighted by molar-refractivity contribution is 5.93. The third kappa shape index (κ3) is 4.61. The Balaban J connectivity index is 1.62. The van der Waals surface area contributed by atoms with Crippen LogP contribution < -0.4 is 5.63 Å². The van der Waals surface area contributed by atoms with Crippen molar-refractivity contribution in [1.29, 1.82) is 0 Å². The normalized spacial score (nSPS) is 22.2. The average molecular weight is 386 g/mol. The van der Waals surface area contributed by atoms with E-state index in [0.29, 0.717) is 28.7 Å². The minimum atomic E-state index is -0.895. The molecule has 6 nitrogen and oxygen atoms in total. The van der Waals surface area contributed by atoms with Crippen molar-refractivity contribution in [1.82, 2.24) is 0 Å². The van der Waals surface area contributed by atoms with Gasteiger partial charge in [0.1, 0.15) is 17.3 Å². The number of ether oxygens (including phenoxy) is 2. The molecule has 1 saturated carbocycles. The molecule has 1 fully saturated rings. The van der Waals surface area contributed by atoms with E-state index in [0.717, 1.165) is 19.3 Å². The first-order chi connectivity index (χ1) is 13.3. The van der Waals surface area contributed by atoms with Gasteiger partial charge in [-0.05, 0) is 42.7 Å². The lowest BCUT2D eigenvalue weighted by atomic mass is 9.75. The van der Waals surface area contributed by atoms with Gasteiger partial charge in [0.15, 0.2) is 6.61 Å². The van der Waals surface area contributed by atoms with E-state index in [1.165, 1.54) is 6.07 Å². The third-order valence-electron chi connectivity index (χ3n) is 5.43. The number of carbonyl (C=O) groups is 2. The van der Waals surface area contributed by atoms with E-state index in [4.69, 9.17) is 13.9 Å². The molecule has 0 N–H and O–H groups in total. The highest BCUT2D eigenvalue weighted by Crippen LogP contribution is 2.35. The molecule has 1 aliphatic carbocycles. The number of hydrogen-bond donors (Lipinski definition) is 0. The predicted octanol–water partition coefficient (Wildman–Crippen LogP) is 3.95. The summed E-state index contributed by atoms with van der Waals surface area (Å²) in [5.74, 6) is -0.270. The van der Waals surface area contributed by atoms with Gasteiger partial charge in [0.2, 0.25) is 0 Å². The average Bonchev–Trinajstić information content (AvgIpc) is 2.65. The van der Waals surface area contributed by atoms with Crippen LogP contribution in [0.2, 0.25) is 0 Å². The van der Waals surface area contributed by atoms with E-state index in [-0.39, 0.29) is 11.7 Å². The van der Waals surface area contributed by atoms with Gasteiger partial charge >= 0.3 is 17.6 Å². The summed E-state index contributed by atoms with van der Waals surface area (Å²) in [7, 11) is 0. The first kappa shape index (κ1) is 20.1. The molecule has 1 heterocycles. The summed E-state index contributed by atoms with van der Waals surface area (Å²) in [6.07, 6.45) is 2.80. The van der Waals surface area contributed by atoms with Gasteiger partial charge < -0.3 is 13.9 Å². The molecule has 0 bridgehead atoms. The molecular formula is C22H26O6. The molecule has 3 rings (SSSR count). The van der Waals surface area contributed by atoms with Gasteiger partial charge in [-0.3, -0.25) is 0 Å². The molecule has 150 valence electrons. The van der Waals surface area contributed by atoms with Crippen LogP contribution in [-0.2, 0) is 14.3 Å². The van der Waals surface area contributed by atoms with Crippen LogP contribution in [0.1, 0.15) is 50.4 Å². The lowest BCUT2D eigenvalue weighted by Gasteiger charge is -2.36. The van der Waals surface area contributed by atoms with Gasteiger partial charge in [-0.15, -0.1) is 0 Å². The molecule has 6 heteroatoms. The van der Waals surface area contributed by atoms with Crippen molar-refractivity contribution in [2.24, 2.45) is 17.8 Å². The summed E-state index contributed by atoms with van der Waals surface area (Å²) in [4.78, 5) is 36.5. The Kier molecular flexibility index (Phi) is 6.17. The van der Waals surface area contributed by atoms with Gasteiger partial charge in [-0.1, -0.05) is 45.4 Å².